The van der Waals surface area contributed by atoms with Gasteiger partial charge in [0.05, 0.1) is 0 Å². The fourth-order valence-electron chi connectivity index (χ4n) is 3.03. The van der Waals surface area contributed by atoms with E-state index in [2.05, 4.69) is 16.0 Å². The van der Waals surface area contributed by atoms with E-state index in [9.17, 15) is 9.59 Å². The summed E-state index contributed by atoms with van der Waals surface area (Å²) < 4.78 is 0. The summed E-state index contributed by atoms with van der Waals surface area (Å²) in [4.78, 5) is 23.6. The van der Waals surface area contributed by atoms with Crippen LogP contribution in [0.25, 0.3) is 0 Å². The van der Waals surface area contributed by atoms with Gasteiger partial charge in [-0.2, -0.15) is 0 Å². The van der Waals surface area contributed by atoms with Crippen molar-refractivity contribution in [2.75, 3.05) is 18.4 Å². The molecule has 0 atom stereocenters. The van der Waals surface area contributed by atoms with E-state index in [0.29, 0.717) is 30.3 Å². The van der Waals surface area contributed by atoms with Crippen molar-refractivity contribution < 1.29 is 9.59 Å². The summed E-state index contributed by atoms with van der Waals surface area (Å²) in [5.41, 5.74) is 1.23. The van der Waals surface area contributed by atoms with Gasteiger partial charge in [0, 0.05) is 36.8 Å². The molecule has 1 saturated carbocycles. The molecule has 5 nitrogen and oxygen atoms in total. The Hall–Kier alpha value is -1.88. The van der Waals surface area contributed by atoms with E-state index in [4.69, 9.17) is 0 Å². The van der Waals surface area contributed by atoms with Gasteiger partial charge in [-0.05, 0) is 31.0 Å². The van der Waals surface area contributed by atoms with Crippen LogP contribution in [0.5, 0.6) is 0 Å². The number of carbonyl (C=O) groups is 2. The minimum Gasteiger partial charge on any atom is -0.351 e. The Bertz CT molecular complexity index is 537. The molecule has 1 fully saturated rings. The topological polar surface area (TPSA) is 70.2 Å². The van der Waals surface area contributed by atoms with Gasteiger partial charge in [0.15, 0.2) is 0 Å². The Morgan fingerprint density at radius 3 is 2.54 bits per heavy atom. The molecule has 0 heterocycles. The highest BCUT2D eigenvalue weighted by Gasteiger charge is 2.11. The first-order valence-corrected chi connectivity index (χ1v) is 9.10. The summed E-state index contributed by atoms with van der Waals surface area (Å²) in [5, 5.41) is 9.25. The molecule has 5 heteroatoms. The zero-order valence-corrected chi connectivity index (χ0v) is 14.6. The van der Waals surface area contributed by atoms with E-state index >= 15 is 0 Å². The lowest BCUT2D eigenvalue weighted by molar-refractivity contribution is -0.115. The second-order valence-electron chi connectivity index (χ2n) is 6.38. The summed E-state index contributed by atoms with van der Waals surface area (Å²) in [6.45, 7) is 3.21. The van der Waals surface area contributed by atoms with Gasteiger partial charge in [-0.3, -0.25) is 9.59 Å². The third kappa shape index (κ3) is 6.32. The van der Waals surface area contributed by atoms with Crippen LogP contribution in [0.2, 0.25) is 0 Å². The zero-order valence-electron chi connectivity index (χ0n) is 14.6. The number of hydrogen-bond acceptors (Lipinski definition) is 3. The number of carbonyl (C=O) groups excluding carboxylic acids is 2. The van der Waals surface area contributed by atoms with Gasteiger partial charge in [-0.15, -0.1) is 0 Å². The highest BCUT2D eigenvalue weighted by molar-refractivity contribution is 5.97. The third-order valence-corrected chi connectivity index (χ3v) is 4.43. The Labute approximate surface area is 144 Å². The first kappa shape index (κ1) is 18.5. The van der Waals surface area contributed by atoms with Gasteiger partial charge in [0.2, 0.25) is 5.91 Å². The average Bonchev–Trinajstić information content (AvgIpc) is 2.87. The van der Waals surface area contributed by atoms with E-state index in [0.717, 1.165) is 6.54 Å². The molecule has 3 N–H and O–H groups in total. The van der Waals surface area contributed by atoms with Crippen molar-refractivity contribution in [3.8, 4) is 0 Å². The number of anilines is 1. The minimum atomic E-state index is -0.106. The Morgan fingerprint density at radius 2 is 1.83 bits per heavy atom. The van der Waals surface area contributed by atoms with E-state index in [1.165, 1.54) is 38.5 Å². The van der Waals surface area contributed by atoms with Gasteiger partial charge < -0.3 is 16.0 Å². The van der Waals surface area contributed by atoms with Crippen LogP contribution in [0.1, 0.15) is 62.2 Å². The smallest absolute Gasteiger partial charge is 0.251 e. The Morgan fingerprint density at radius 1 is 1.08 bits per heavy atom. The maximum atomic E-state index is 12.2. The minimum absolute atomic E-state index is 0.0554. The molecule has 0 radical (unpaired) electrons. The molecule has 0 aromatic heterocycles. The zero-order chi connectivity index (χ0) is 17.2. The molecule has 1 aromatic carbocycles. The molecule has 1 aromatic rings. The fourth-order valence-corrected chi connectivity index (χ4v) is 3.03. The van der Waals surface area contributed by atoms with E-state index in [1.54, 1.807) is 31.2 Å². The summed E-state index contributed by atoms with van der Waals surface area (Å²) in [5.74, 6) is -0.162. The summed E-state index contributed by atoms with van der Waals surface area (Å²) in [7, 11) is 0. The monoisotopic (exact) mass is 331 g/mol. The standard InChI is InChI=1S/C19H29N3O2/c1-2-18(23)22-17-11-7-8-15(14-17)19(24)21-13-12-20-16-9-5-3-4-6-10-16/h7-8,11,14,16,20H,2-6,9-10,12-13H2,1H3,(H,21,24)(H,22,23). The first-order chi connectivity index (χ1) is 11.7. The van der Waals surface area contributed by atoms with E-state index in [-0.39, 0.29) is 11.8 Å². The van der Waals surface area contributed by atoms with E-state index in [1.807, 2.05) is 0 Å². The van der Waals surface area contributed by atoms with Crippen molar-refractivity contribution in [3.63, 3.8) is 0 Å². The molecular weight excluding hydrogens is 302 g/mol. The van der Waals surface area contributed by atoms with Crippen molar-refractivity contribution in [3.05, 3.63) is 29.8 Å². The predicted octanol–water partition coefficient (Wildman–Crippen LogP) is 3.08. The van der Waals surface area contributed by atoms with Crippen molar-refractivity contribution in [1.82, 2.24) is 10.6 Å². The Kier molecular flexibility index (Phi) is 7.75. The SMILES string of the molecule is CCC(=O)Nc1cccc(C(=O)NCCNC2CCCCCC2)c1. The quantitative estimate of drug-likeness (QED) is 0.531. The van der Waals surface area contributed by atoms with Crippen molar-refractivity contribution in [2.45, 2.75) is 57.9 Å². The molecule has 2 amide bonds. The van der Waals surface area contributed by atoms with Crippen LogP contribution >= 0.6 is 0 Å². The highest BCUT2D eigenvalue weighted by Crippen LogP contribution is 2.16. The van der Waals surface area contributed by atoms with Crippen LogP contribution in [-0.4, -0.2) is 30.9 Å². The lowest BCUT2D eigenvalue weighted by Gasteiger charge is -2.16. The van der Waals surface area contributed by atoms with Crippen molar-refractivity contribution in [1.29, 1.82) is 0 Å². The number of benzene rings is 1. The second-order valence-corrected chi connectivity index (χ2v) is 6.38. The molecule has 1 aliphatic carbocycles. The first-order valence-electron chi connectivity index (χ1n) is 9.10. The van der Waals surface area contributed by atoms with Crippen molar-refractivity contribution in [2.24, 2.45) is 0 Å². The molecule has 2 rings (SSSR count). The van der Waals surface area contributed by atoms with Gasteiger partial charge in [0.25, 0.3) is 5.91 Å². The van der Waals surface area contributed by atoms with Crippen LogP contribution < -0.4 is 16.0 Å². The maximum absolute atomic E-state index is 12.2. The van der Waals surface area contributed by atoms with E-state index < -0.39 is 0 Å². The van der Waals surface area contributed by atoms with Crippen LogP contribution in [0.15, 0.2) is 24.3 Å². The van der Waals surface area contributed by atoms with Crippen molar-refractivity contribution >= 4 is 17.5 Å². The number of rotatable bonds is 7. The largest absolute Gasteiger partial charge is 0.351 e. The van der Waals surface area contributed by atoms with Gasteiger partial charge in [0.1, 0.15) is 0 Å². The van der Waals surface area contributed by atoms with Crippen LogP contribution in [-0.2, 0) is 4.79 Å². The number of amides is 2. The highest BCUT2D eigenvalue weighted by atomic mass is 16.2. The normalized spacial score (nSPS) is 15.5. The predicted molar refractivity (Wildman–Crippen MR) is 97.2 cm³/mol. The van der Waals surface area contributed by atoms with Gasteiger partial charge in [-0.1, -0.05) is 38.7 Å². The van der Waals surface area contributed by atoms with Crippen LogP contribution in [0, 0.1) is 0 Å². The fraction of sp³-hybridized carbons (Fsp3) is 0.579. The Balaban J connectivity index is 1.73. The second kappa shape index (κ2) is 10.1. The summed E-state index contributed by atoms with van der Waals surface area (Å²) in [6.07, 6.45) is 8.21. The van der Waals surface area contributed by atoms with Gasteiger partial charge in [-0.25, -0.2) is 0 Å². The maximum Gasteiger partial charge on any atom is 0.251 e. The summed E-state index contributed by atoms with van der Waals surface area (Å²) in [6, 6.07) is 7.64. The molecule has 0 spiro atoms. The molecular formula is C19H29N3O2. The lowest BCUT2D eigenvalue weighted by Crippen LogP contribution is -2.36. The third-order valence-electron chi connectivity index (χ3n) is 4.43. The molecule has 0 aliphatic heterocycles. The van der Waals surface area contributed by atoms with Crippen LogP contribution in [0.4, 0.5) is 5.69 Å². The molecule has 24 heavy (non-hydrogen) atoms. The summed E-state index contributed by atoms with van der Waals surface area (Å²) >= 11 is 0. The molecule has 0 bridgehead atoms. The lowest BCUT2D eigenvalue weighted by atomic mass is 10.1. The molecule has 0 saturated heterocycles. The molecule has 1 aliphatic rings. The van der Waals surface area contributed by atoms with Gasteiger partial charge >= 0.3 is 0 Å². The molecule has 132 valence electrons. The average molecular weight is 331 g/mol. The number of hydrogen-bond donors (Lipinski definition) is 3. The number of nitrogens with one attached hydrogen (secondary N) is 3. The molecule has 0 unspecified atom stereocenters. The van der Waals surface area contributed by atoms with Crippen LogP contribution in [0.3, 0.4) is 0 Å².